The topological polar surface area (TPSA) is 132 Å². The Morgan fingerprint density at radius 2 is 1.76 bits per heavy atom. The van der Waals surface area contributed by atoms with Gasteiger partial charge in [0.2, 0.25) is 0 Å². The molecule has 38 heavy (non-hydrogen) atoms. The second-order valence-corrected chi connectivity index (χ2v) is 9.53. The number of nitrogens with one attached hydrogen (secondary N) is 1. The Bertz CT molecular complexity index is 1350. The molecule has 1 aromatic carbocycles. The third kappa shape index (κ3) is 5.82. The number of pyridine rings is 1. The Morgan fingerprint density at radius 1 is 1.03 bits per heavy atom. The molecule has 1 N–H and O–H groups in total. The van der Waals surface area contributed by atoms with Crippen LogP contribution in [0.25, 0.3) is 17.1 Å². The summed E-state index contributed by atoms with van der Waals surface area (Å²) in [6.45, 7) is 0.435. The number of halogens is 2. The fourth-order valence-corrected chi connectivity index (χ4v) is 4.63. The maximum absolute atomic E-state index is 13.5. The van der Waals surface area contributed by atoms with Crippen molar-refractivity contribution in [3.05, 3.63) is 66.5 Å². The minimum atomic E-state index is -3.11. The van der Waals surface area contributed by atoms with Crippen molar-refractivity contribution in [1.82, 2.24) is 29.7 Å². The van der Waals surface area contributed by atoms with Crippen LogP contribution in [0.2, 0.25) is 0 Å². The van der Waals surface area contributed by atoms with Gasteiger partial charge in [-0.2, -0.15) is 13.5 Å². The predicted octanol–water partition coefficient (Wildman–Crippen LogP) is 3.89. The molecule has 11 nitrogen and oxygen atoms in total. The van der Waals surface area contributed by atoms with Crippen LogP contribution in [0.15, 0.2) is 55.1 Å². The normalized spacial score (nSPS) is 13.7. The number of benzene rings is 1. The zero-order chi connectivity index (χ0) is 27.2. The molecular formula is C24H25F2N7O4S. The first-order chi connectivity index (χ1) is 18.3. The molecule has 0 saturated heterocycles. The zero-order valence-electron chi connectivity index (χ0n) is 20.9. The van der Waals surface area contributed by atoms with Gasteiger partial charge in [0, 0.05) is 37.5 Å². The van der Waals surface area contributed by atoms with Crippen molar-refractivity contribution < 1.29 is 27.5 Å². The van der Waals surface area contributed by atoms with E-state index < -0.39 is 29.3 Å². The van der Waals surface area contributed by atoms with Crippen molar-refractivity contribution in [2.24, 2.45) is 0 Å². The molecular weight excluding hydrogens is 520 g/mol. The number of anilines is 1. The number of alkyl halides is 2. The van der Waals surface area contributed by atoms with Crippen LogP contribution >= 0.6 is 0 Å². The second kappa shape index (κ2) is 12.1. The van der Waals surface area contributed by atoms with Crippen LogP contribution in [0, 0.1) is 6.92 Å². The smallest absolute Gasteiger partial charge is 0.387 e. The van der Waals surface area contributed by atoms with E-state index in [-0.39, 0.29) is 29.0 Å². The molecule has 3 aromatic heterocycles. The standard InChI is InChI=1S/C24H25F2N7O4S/c1-14-11-28-21(29-12-14)20(36-4)15(2)38(34)32-24-31-30-22(16-7-6-10-27-13-16)33(24)19-17(35-3)8-5-9-18(19)37-23(25)26/h5-13,15,20,23H,1-4H3,(H,31,32)/t15-,20?,38?/m0/s1. The quantitative estimate of drug-likeness (QED) is 0.277. The van der Waals surface area contributed by atoms with Gasteiger partial charge in [-0.15, -0.1) is 10.2 Å². The van der Waals surface area contributed by atoms with E-state index >= 15 is 0 Å². The molecule has 0 aliphatic carbocycles. The number of aromatic nitrogens is 6. The zero-order valence-corrected chi connectivity index (χ0v) is 21.7. The third-order valence-electron chi connectivity index (χ3n) is 5.47. The van der Waals surface area contributed by atoms with Gasteiger partial charge in [0.1, 0.15) is 11.4 Å². The molecule has 0 fully saturated rings. The average Bonchev–Trinajstić information content (AvgIpc) is 3.32. The van der Waals surface area contributed by atoms with Crippen LogP contribution in [-0.4, -0.2) is 60.4 Å². The average molecular weight is 546 g/mol. The Hall–Kier alpha value is -3.88. The molecule has 14 heteroatoms. The molecule has 0 spiro atoms. The van der Waals surface area contributed by atoms with E-state index in [0.29, 0.717) is 11.4 Å². The summed E-state index contributed by atoms with van der Waals surface area (Å²) in [6.07, 6.45) is 5.66. The summed E-state index contributed by atoms with van der Waals surface area (Å²) in [5, 5.41) is 7.73. The number of nitrogens with zero attached hydrogens (tertiary/aromatic N) is 6. The van der Waals surface area contributed by atoms with Crippen LogP contribution in [0.3, 0.4) is 0 Å². The summed E-state index contributed by atoms with van der Waals surface area (Å²) in [5.41, 5.74) is 1.46. The first-order valence-electron chi connectivity index (χ1n) is 11.3. The number of hydrogen-bond acceptors (Lipinski definition) is 10. The molecule has 0 radical (unpaired) electrons. The number of aryl methyl sites for hydroxylation is 1. The maximum Gasteiger partial charge on any atom is 0.387 e. The second-order valence-electron chi connectivity index (χ2n) is 7.99. The number of para-hydroxylation sites is 1. The van der Waals surface area contributed by atoms with Crippen LogP contribution in [0.1, 0.15) is 24.4 Å². The Labute approximate surface area is 220 Å². The van der Waals surface area contributed by atoms with Gasteiger partial charge in [0.25, 0.3) is 5.95 Å². The molecule has 0 aliphatic rings. The lowest BCUT2D eigenvalue weighted by Crippen LogP contribution is -2.33. The van der Waals surface area contributed by atoms with Crippen molar-refractivity contribution >= 4 is 17.3 Å². The number of rotatable bonds is 11. The van der Waals surface area contributed by atoms with Crippen LogP contribution in [0.5, 0.6) is 11.5 Å². The molecule has 4 rings (SSSR count). The Balaban J connectivity index is 1.78. The predicted molar refractivity (Wildman–Crippen MR) is 136 cm³/mol. The lowest BCUT2D eigenvalue weighted by molar-refractivity contribution is -0.0499. The molecule has 0 saturated carbocycles. The van der Waals surface area contributed by atoms with E-state index in [9.17, 15) is 13.3 Å². The van der Waals surface area contributed by atoms with Gasteiger partial charge in [0.05, 0.1) is 18.5 Å². The summed E-state index contributed by atoms with van der Waals surface area (Å²) in [6, 6.07) is 7.84. The molecule has 3 heterocycles. The molecule has 2 unspecified atom stereocenters. The van der Waals surface area contributed by atoms with E-state index in [4.69, 9.17) is 14.2 Å². The van der Waals surface area contributed by atoms with Gasteiger partial charge in [-0.1, -0.05) is 6.07 Å². The minimum Gasteiger partial charge on any atom is -0.593 e. The van der Waals surface area contributed by atoms with Gasteiger partial charge < -0.3 is 18.8 Å². The molecule has 4 aromatic rings. The van der Waals surface area contributed by atoms with E-state index in [1.54, 1.807) is 43.7 Å². The highest BCUT2D eigenvalue weighted by molar-refractivity contribution is 7.93. The van der Waals surface area contributed by atoms with Crippen molar-refractivity contribution in [3.8, 4) is 28.6 Å². The van der Waals surface area contributed by atoms with Crippen LogP contribution in [-0.2, 0) is 16.1 Å². The van der Waals surface area contributed by atoms with Gasteiger partial charge in [-0.25, -0.2) is 9.97 Å². The Kier molecular flexibility index (Phi) is 8.66. The van der Waals surface area contributed by atoms with E-state index in [2.05, 4.69) is 29.9 Å². The highest BCUT2D eigenvalue weighted by Crippen LogP contribution is 2.38. The molecule has 0 aliphatic heterocycles. The first kappa shape index (κ1) is 27.2. The number of ether oxygens (including phenoxy) is 3. The van der Waals surface area contributed by atoms with Crippen LogP contribution < -0.4 is 14.2 Å². The molecule has 0 bridgehead atoms. The summed E-state index contributed by atoms with van der Waals surface area (Å²) in [5.74, 6) is 0.554. The molecule has 0 amide bonds. The third-order valence-corrected chi connectivity index (χ3v) is 6.78. The van der Waals surface area contributed by atoms with E-state index in [1.165, 1.54) is 37.1 Å². The van der Waals surface area contributed by atoms with Crippen molar-refractivity contribution in [2.75, 3.05) is 18.9 Å². The number of hydrogen-bond donors (Lipinski definition) is 1. The monoisotopic (exact) mass is 545 g/mol. The van der Waals surface area contributed by atoms with Gasteiger partial charge in [-0.3, -0.25) is 9.55 Å². The highest BCUT2D eigenvalue weighted by atomic mass is 32.2. The van der Waals surface area contributed by atoms with Gasteiger partial charge in [-0.05, 0) is 43.7 Å². The summed E-state index contributed by atoms with van der Waals surface area (Å²) in [4.78, 5) is 12.7. The van der Waals surface area contributed by atoms with E-state index in [1.807, 2.05) is 6.92 Å². The summed E-state index contributed by atoms with van der Waals surface area (Å²) < 4.78 is 60.2. The van der Waals surface area contributed by atoms with Crippen LogP contribution in [0.4, 0.5) is 14.7 Å². The summed E-state index contributed by atoms with van der Waals surface area (Å²) >= 11 is -1.83. The number of methoxy groups -OCH3 is 2. The SMILES string of the molecule is COc1cccc(OC(F)F)c1-n1c(N[S+]([O-])[C@@H](C)C(OC)c2ncc(C)cn2)nnc1-c1cccnc1. The Morgan fingerprint density at radius 3 is 2.39 bits per heavy atom. The van der Waals surface area contributed by atoms with Crippen molar-refractivity contribution in [2.45, 2.75) is 31.8 Å². The van der Waals surface area contributed by atoms with Gasteiger partial charge >= 0.3 is 6.61 Å². The largest absolute Gasteiger partial charge is 0.593 e. The van der Waals surface area contributed by atoms with E-state index in [0.717, 1.165) is 5.56 Å². The van der Waals surface area contributed by atoms with Crippen molar-refractivity contribution in [1.29, 1.82) is 0 Å². The lowest BCUT2D eigenvalue weighted by atomic mass is 10.2. The van der Waals surface area contributed by atoms with Gasteiger partial charge in [0.15, 0.2) is 28.8 Å². The maximum atomic E-state index is 13.5. The summed E-state index contributed by atoms with van der Waals surface area (Å²) in [7, 11) is 2.85. The highest BCUT2D eigenvalue weighted by Gasteiger charge is 2.34. The van der Waals surface area contributed by atoms with Crippen molar-refractivity contribution in [3.63, 3.8) is 0 Å². The lowest BCUT2D eigenvalue weighted by Gasteiger charge is -2.24. The minimum absolute atomic E-state index is 0.0164. The fourth-order valence-electron chi connectivity index (χ4n) is 3.67. The molecule has 3 atom stereocenters. The fraction of sp³-hybridized carbons (Fsp3) is 0.292. The molecule has 200 valence electrons. The first-order valence-corrected chi connectivity index (χ1v) is 12.5.